The van der Waals surface area contributed by atoms with Gasteiger partial charge in [-0.3, -0.25) is 9.58 Å². The molecular weight excluding hydrogens is 464 g/mol. The van der Waals surface area contributed by atoms with E-state index in [4.69, 9.17) is 19.8 Å². The zero-order valence-electron chi connectivity index (χ0n) is 22.3. The number of hydrogen-bond acceptors (Lipinski definition) is 8. The lowest BCUT2D eigenvalue weighted by Gasteiger charge is -2.46. The van der Waals surface area contributed by atoms with E-state index in [9.17, 15) is 0 Å². The molecule has 194 valence electrons. The maximum Gasteiger partial charge on any atom is 0.229 e. The summed E-state index contributed by atoms with van der Waals surface area (Å²) < 4.78 is 8.15. The topological polar surface area (TPSA) is 74.6 Å². The lowest BCUT2D eigenvalue weighted by atomic mass is 9.73. The SMILES string of the molecule is CN1C[C@@H]2C[C@H]1CN2c1ccc(Nc2ncc3c(n2)N(c2ccn(C)n2)[C@@H]2CC(C)(C)OC[C@]32C)cc1. The van der Waals surface area contributed by atoms with Crippen LogP contribution in [0.2, 0.25) is 0 Å². The van der Waals surface area contributed by atoms with Gasteiger partial charge in [0.05, 0.1) is 18.2 Å². The van der Waals surface area contributed by atoms with Gasteiger partial charge in [0.15, 0.2) is 5.82 Å². The van der Waals surface area contributed by atoms with Crippen LogP contribution >= 0.6 is 0 Å². The molecule has 0 spiro atoms. The highest BCUT2D eigenvalue weighted by Gasteiger charge is 2.55. The Hall–Kier alpha value is -3.17. The van der Waals surface area contributed by atoms with Crippen molar-refractivity contribution in [3.63, 3.8) is 0 Å². The highest BCUT2D eigenvalue weighted by atomic mass is 16.5. The van der Waals surface area contributed by atoms with Crippen molar-refractivity contribution in [2.75, 3.05) is 41.9 Å². The number of ether oxygens (including phenoxy) is 1. The monoisotopic (exact) mass is 500 g/mol. The maximum atomic E-state index is 6.30. The molecule has 0 aliphatic carbocycles. The van der Waals surface area contributed by atoms with Gasteiger partial charge in [-0.25, -0.2) is 4.98 Å². The van der Waals surface area contributed by atoms with Crippen LogP contribution in [0.5, 0.6) is 0 Å². The van der Waals surface area contributed by atoms with Crippen LogP contribution < -0.4 is 15.1 Å². The summed E-state index contributed by atoms with van der Waals surface area (Å²) in [6.07, 6.45) is 6.12. The van der Waals surface area contributed by atoms with Crippen LogP contribution in [0.4, 0.5) is 29.0 Å². The summed E-state index contributed by atoms with van der Waals surface area (Å²) in [5.74, 6) is 2.42. The van der Waals surface area contributed by atoms with E-state index >= 15 is 0 Å². The zero-order valence-corrected chi connectivity index (χ0v) is 22.3. The number of rotatable bonds is 4. The summed E-state index contributed by atoms with van der Waals surface area (Å²) in [6, 6.07) is 12.3. The second kappa shape index (κ2) is 7.91. The van der Waals surface area contributed by atoms with Gasteiger partial charge in [0.1, 0.15) is 5.82 Å². The van der Waals surface area contributed by atoms with Gasteiger partial charge >= 0.3 is 0 Å². The first kappa shape index (κ1) is 23.0. The van der Waals surface area contributed by atoms with Crippen molar-refractivity contribution < 1.29 is 4.74 Å². The average Bonchev–Trinajstić information content (AvgIpc) is 3.61. The molecule has 0 saturated carbocycles. The number of piperazine rings is 1. The number of likely N-dealkylation sites (N-methyl/N-ethyl adjacent to an activating group) is 1. The van der Waals surface area contributed by atoms with Crippen LogP contribution in [0.15, 0.2) is 42.7 Å². The molecule has 9 nitrogen and oxygen atoms in total. The highest BCUT2D eigenvalue weighted by Crippen LogP contribution is 2.52. The van der Waals surface area contributed by atoms with Crippen molar-refractivity contribution in [2.24, 2.45) is 7.05 Å². The van der Waals surface area contributed by atoms with Crippen molar-refractivity contribution in [3.8, 4) is 0 Å². The Balaban J connectivity index is 1.18. The summed E-state index contributed by atoms with van der Waals surface area (Å²) in [5, 5.41) is 8.20. The molecule has 37 heavy (non-hydrogen) atoms. The minimum Gasteiger partial charge on any atom is -0.374 e. The number of anilines is 5. The smallest absolute Gasteiger partial charge is 0.229 e. The third-order valence-corrected chi connectivity index (χ3v) is 9.02. The Bertz CT molecular complexity index is 1330. The largest absolute Gasteiger partial charge is 0.374 e. The summed E-state index contributed by atoms with van der Waals surface area (Å²) in [5.41, 5.74) is 2.99. The number of aromatic nitrogens is 4. The van der Waals surface area contributed by atoms with E-state index in [1.54, 1.807) is 0 Å². The first-order valence-corrected chi connectivity index (χ1v) is 13.3. The van der Waals surface area contributed by atoms with Crippen molar-refractivity contribution in [3.05, 3.63) is 48.3 Å². The predicted molar refractivity (Wildman–Crippen MR) is 145 cm³/mol. The van der Waals surface area contributed by atoms with Crippen LogP contribution in [-0.4, -0.2) is 75.1 Å². The van der Waals surface area contributed by atoms with Gasteiger partial charge in [0, 0.05) is 73.0 Å². The summed E-state index contributed by atoms with van der Waals surface area (Å²) in [7, 11) is 4.19. The molecule has 7 rings (SSSR count). The Morgan fingerprint density at radius 1 is 1.03 bits per heavy atom. The molecule has 2 bridgehead atoms. The first-order valence-electron chi connectivity index (χ1n) is 13.3. The predicted octanol–water partition coefficient (Wildman–Crippen LogP) is 3.82. The molecular formula is C28H36N8O. The summed E-state index contributed by atoms with van der Waals surface area (Å²) in [4.78, 5) is 17.1. The standard InChI is InChI=1S/C28H36N8O/c1-27(2)13-23-28(3,17-37-27)22-14-29-26(31-25(22)36(23)24-10-11-34(5)32-24)30-18-6-8-19(9-7-18)35-16-20-12-21(35)15-33(20)4/h6-11,14,20-21,23H,12-13,15-17H2,1-5H3,(H,29,30,31)/t20-,21-,23+,28+/m0/s1. The van der Waals surface area contributed by atoms with Gasteiger partial charge in [-0.2, -0.15) is 10.1 Å². The number of likely N-dealkylation sites (tertiary alicyclic amines) is 1. The van der Waals surface area contributed by atoms with E-state index in [0.29, 0.717) is 24.6 Å². The average molecular weight is 501 g/mol. The van der Waals surface area contributed by atoms with Gasteiger partial charge in [-0.05, 0) is 58.0 Å². The quantitative estimate of drug-likeness (QED) is 0.580. The molecule has 1 N–H and O–H groups in total. The molecule has 4 aliphatic heterocycles. The second-order valence-electron chi connectivity index (χ2n) is 12.1. The molecule has 0 unspecified atom stereocenters. The molecule has 3 fully saturated rings. The molecule has 1 aromatic carbocycles. The molecule has 4 atom stereocenters. The second-order valence-corrected chi connectivity index (χ2v) is 12.1. The number of nitrogens with one attached hydrogen (secondary N) is 1. The van der Waals surface area contributed by atoms with Crippen LogP contribution in [0.3, 0.4) is 0 Å². The molecule has 6 heterocycles. The van der Waals surface area contributed by atoms with Crippen LogP contribution in [0.1, 0.15) is 39.2 Å². The fraction of sp³-hybridized carbons (Fsp3) is 0.536. The van der Waals surface area contributed by atoms with Gasteiger partial charge in [0.2, 0.25) is 5.95 Å². The van der Waals surface area contributed by atoms with Crippen LogP contribution in [0, 0.1) is 0 Å². The van der Waals surface area contributed by atoms with Crippen LogP contribution in [0.25, 0.3) is 0 Å². The zero-order chi connectivity index (χ0) is 25.5. The molecule has 0 amide bonds. The van der Waals surface area contributed by atoms with Crippen LogP contribution in [-0.2, 0) is 17.2 Å². The number of aryl methyl sites for hydroxylation is 1. The third kappa shape index (κ3) is 3.62. The fourth-order valence-electron chi connectivity index (χ4n) is 6.84. The van der Waals surface area contributed by atoms with Crippen molar-refractivity contribution >= 4 is 29.0 Å². The highest BCUT2D eigenvalue weighted by molar-refractivity contribution is 5.71. The molecule has 3 saturated heterocycles. The lowest BCUT2D eigenvalue weighted by molar-refractivity contribution is -0.0893. The fourth-order valence-corrected chi connectivity index (χ4v) is 6.84. The van der Waals surface area contributed by atoms with E-state index < -0.39 is 0 Å². The Labute approximate surface area is 218 Å². The summed E-state index contributed by atoms with van der Waals surface area (Å²) >= 11 is 0. The summed E-state index contributed by atoms with van der Waals surface area (Å²) in [6.45, 7) is 9.51. The number of nitrogens with zero attached hydrogens (tertiary/aromatic N) is 7. The van der Waals surface area contributed by atoms with Gasteiger partial charge in [0.25, 0.3) is 0 Å². The molecule has 9 heteroatoms. The van der Waals surface area contributed by atoms with E-state index in [-0.39, 0.29) is 17.1 Å². The number of fused-ring (bicyclic) bond motifs is 5. The molecule has 4 aliphatic rings. The third-order valence-electron chi connectivity index (χ3n) is 9.02. The van der Waals surface area contributed by atoms with Gasteiger partial charge in [-0.1, -0.05) is 6.92 Å². The van der Waals surface area contributed by atoms with Gasteiger partial charge in [-0.15, -0.1) is 0 Å². The number of hydrogen-bond donors (Lipinski definition) is 1. The maximum absolute atomic E-state index is 6.30. The minimum atomic E-state index is -0.209. The molecule has 3 aromatic rings. The Morgan fingerprint density at radius 2 is 1.84 bits per heavy atom. The van der Waals surface area contributed by atoms with Crippen molar-refractivity contribution in [1.82, 2.24) is 24.6 Å². The van der Waals surface area contributed by atoms with Crippen molar-refractivity contribution in [1.29, 1.82) is 0 Å². The lowest BCUT2D eigenvalue weighted by Crippen LogP contribution is -2.54. The van der Waals surface area contributed by atoms with E-state index in [1.165, 1.54) is 12.1 Å². The van der Waals surface area contributed by atoms with E-state index in [0.717, 1.165) is 42.4 Å². The Morgan fingerprint density at radius 3 is 2.51 bits per heavy atom. The van der Waals surface area contributed by atoms with Gasteiger partial charge < -0.3 is 19.9 Å². The van der Waals surface area contributed by atoms with E-state index in [1.807, 2.05) is 24.1 Å². The van der Waals surface area contributed by atoms with E-state index in [2.05, 4.69) is 78.2 Å². The molecule has 2 aromatic heterocycles. The Kier molecular flexibility index (Phi) is 4.92. The normalized spacial score (nSPS) is 30.0. The molecule has 0 radical (unpaired) electrons. The first-order chi connectivity index (χ1) is 17.7. The number of benzene rings is 1. The minimum absolute atomic E-state index is 0.194. The van der Waals surface area contributed by atoms with Crippen molar-refractivity contribution in [2.45, 2.75) is 62.8 Å².